The summed E-state index contributed by atoms with van der Waals surface area (Å²) in [4.78, 5) is 24.5. The Morgan fingerprint density at radius 1 is 1.12 bits per heavy atom. The minimum atomic E-state index is -1.04. The Labute approximate surface area is 153 Å². The van der Waals surface area contributed by atoms with Crippen LogP contribution in [0.1, 0.15) is 39.2 Å². The van der Waals surface area contributed by atoms with E-state index in [9.17, 15) is 19.8 Å². The van der Waals surface area contributed by atoms with E-state index in [1.54, 1.807) is 20.8 Å². The summed E-state index contributed by atoms with van der Waals surface area (Å²) >= 11 is 0. The summed E-state index contributed by atoms with van der Waals surface area (Å²) in [5.74, 6) is -1.29. The Bertz CT molecular complexity index is 612. The smallest absolute Gasteiger partial charge is 0.407 e. The van der Waals surface area contributed by atoms with E-state index in [1.807, 2.05) is 30.3 Å². The van der Waals surface area contributed by atoms with Crippen molar-refractivity contribution in [1.82, 2.24) is 5.32 Å². The molecule has 144 valence electrons. The summed E-state index contributed by atoms with van der Waals surface area (Å²) in [5, 5.41) is 22.4. The van der Waals surface area contributed by atoms with E-state index in [0.29, 0.717) is 0 Å². The molecule has 26 heavy (non-hydrogen) atoms. The first kappa shape index (κ1) is 20.2. The van der Waals surface area contributed by atoms with Crippen LogP contribution in [0.4, 0.5) is 4.79 Å². The van der Waals surface area contributed by atoms with Gasteiger partial charge in [0.2, 0.25) is 0 Å². The summed E-state index contributed by atoms with van der Waals surface area (Å²) in [6, 6.07) is 8.55. The normalized spacial score (nSPS) is 26.0. The van der Waals surface area contributed by atoms with Crippen LogP contribution in [0.15, 0.2) is 30.3 Å². The summed E-state index contributed by atoms with van der Waals surface area (Å²) in [5.41, 5.74) is 0.161. The number of benzene rings is 1. The number of alkyl carbamates (subject to hydrolysis) is 1. The lowest BCUT2D eigenvalue weighted by molar-refractivity contribution is -0.156. The number of carbonyl (C=O) groups is 2. The van der Waals surface area contributed by atoms with E-state index in [4.69, 9.17) is 9.47 Å². The monoisotopic (exact) mass is 365 g/mol. The average molecular weight is 365 g/mol. The molecule has 2 rings (SSSR count). The van der Waals surface area contributed by atoms with Gasteiger partial charge in [-0.15, -0.1) is 0 Å². The van der Waals surface area contributed by atoms with Crippen molar-refractivity contribution < 1.29 is 29.3 Å². The molecular formula is C19H27NO6. The molecule has 0 saturated heterocycles. The third kappa shape index (κ3) is 6.00. The van der Waals surface area contributed by atoms with Crippen molar-refractivity contribution in [1.29, 1.82) is 0 Å². The van der Waals surface area contributed by atoms with E-state index in [2.05, 4.69) is 5.32 Å². The molecule has 0 spiro atoms. The van der Waals surface area contributed by atoms with Crippen LogP contribution in [0.3, 0.4) is 0 Å². The Morgan fingerprint density at radius 3 is 2.35 bits per heavy atom. The van der Waals surface area contributed by atoms with E-state index >= 15 is 0 Å². The highest BCUT2D eigenvalue weighted by molar-refractivity contribution is 5.75. The number of nitrogens with one attached hydrogen (secondary N) is 1. The molecule has 0 radical (unpaired) electrons. The van der Waals surface area contributed by atoms with Gasteiger partial charge in [0.05, 0.1) is 18.1 Å². The topological polar surface area (TPSA) is 105 Å². The van der Waals surface area contributed by atoms with Crippen LogP contribution >= 0.6 is 0 Å². The van der Waals surface area contributed by atoms with Crippen molar-refractivity contribution in [2.24, 2.45) is 5.92 Å². The van der Waals surface area contributed by atoms with Gasteiger partial charge in [-0.2, -0.15) is 0 Å². The second kappa shape index (κ2) is 8.51. The fourth-order valence-electron chi connectivity index (χ4n) is 2.88. The highest BCUT2D eigenvalue weighted by atomic mass is 16.6. The van der Waals surface area contributed by atoms with Gasteiger partial charge in [-0.05, 0) is 39.2 Å². The van der Waals surface area contributed by atoms with Gasteiger partial charge in [0, 0.05) is 6.04 Å². The van der Waals surface area contributed by atoms with E-state index < -0.39 is 41.8 Å². The number of hydrogen-bond donors (Lipinski definition) is 3. The molecule has 0 heterocycles. The molecule has 3 N–H and O–H groups in total. The molecule has 7 heteroatoms. The summed E-state index contributed by atoms with van der Waals surface area (Å²) < 4.78 is 10.6. The lowest BCUT2D eigenvalue weighted by Crippen LogP contribution is -2.53. The van der Waals surface area contributed by atoms with Gasteiger partial charge < -0.3 is 25.0 Å². The predicted molar refractivity (Wildman–Crippen MR) is 94.1 cm³/mol. The maximum absolute atomic E-state index is 12.5. The van der Waals surface area contributed by atoms with E-state index in [-0.39, 0.29) is 19.4 Å². The molecule has 1 fully saturated rings. The highest BCUT2D eigenvalue weighted by Gasteiger charge is 2.41. The van der Waals surface area contributed by atoms with Gasteiger partial charge in [0.15, 0.2) is 0 Å². The number of rotatable bonds is 4. The summed E-state index contributed by atoms with van der Waals surface area (Å²) in [6.07, 6.45) is -2.68. The van der Waals surface area contributed by atoms with Gasteiger partial charge in [0.1, 0.15) is 12.2 Å². The zero-order chi connectivity index (χ0) is 19.3. The molecule has 1 amide bonds. The van der Waals surface area contributed by atoms with Gasteiger partial charge >= 0.3 is 12.1 Å². The standard InChI is InChI=1S/C19H27NO6/c1-19(2,3)26-18(24)20-14-10-16(22)15(21)9-13(14)17(23)25-11-12-7-5-4-6-8-12/h4-8,13-16,21-22H,9-11H2,1-3H3,(H,20,24)/t13-,14+,15-,16+/m1/s1. The molecule has 0 aliphatic heterocycles. The zero-order valence-corrected chi connectivity index (χ0v) is 15.3. The quantitative estimate of drug-likeness (QED) is 0.702. The summed E-state index contributed by atoms with van der Waals surface area (Å²) in [7, 11) is 0. The predicted octanol–water partition coefficient (Wildman–Crippen LogP) is 1.75. The first-order valence-electron chi connectivity index (χ1n) is 8.72. The van der Waals surface area contributed by atoms with Crippen molar-refractivity contribution >= 4 is 12.1 Å². The van der Waals surface area contributed by atoms with Gasteiger partial charge in [-0.25, -0.2) is 4.79 Å². The molecule has 1 aliphatic rings. The molecule has 1 aromatic carbocycles. The Kier molecular flexibility index (Phi) is 6.61. The van der Waals surface area contributed by atoms with Crippen LogP contribution in [0, 0.1) is 5.92 Å². The fourth-order valence-corrected chi connectivity index (χ4v) is 2.88. The molecule has 1 aliphatic carbocycles. The molecule has 7 nitrogen and oxygen atoms in total. The number of hydrogen-bond acceptors (Lipinski definition) is 6. The van der Waals surface area contributed by atoms with Crippen LogP contribution in [0.25, 0.3) is 0 Å². The Hall–Kier alpha value is -2.12. The van der Waals surface area contributed by atoms with Crippen LogP contribution in [0.2, 0.25) is 0 Å². The minimum Gasteiger partial charge on any atom is -0.461 e. The molecule has 1 saturated carbocycles. The average Bonchev–Trinajstić information content (AvgIpc) is 2.55. The number of carbonyl (C=O) groups excluding carboxylic acids is 2. The maximum Gasteiger partial charge on any atom is 0.407 e. The number of amides is 1. The first-order valence-corrected chi connectivity index (χ1v) is 8.72. The van der Waals surface area contributed by atoms with Crippen LogP contribution in [0.5, 0.6) is 0 Å². The third-order valence-electron chi connectivity index (χ3n) is 4.15. The Balaban J connectivity index is 2.01. The van der Waals surface area contributed by atoms with Crippen LogP contribution < -0.4 is 5.32 Å². The lowest BCUT2D eigenvalue weighted by Gasteiger charge is -2.36. The van der Waals surface area contributed by atoms with Crippen molar-refractivity contribution in [2.75, 3.05) is 0 Å². The molecule has 1 aromatic rings. The number of esters is 1. The molecular weight excluding hydrogens is 338 g/mol. The fraction of sp³-hybridized carbons (Fsp3) is 0.579. The van der Waals surface area contributed by atoms with Crippen molar-refractivity contribution in [3.63, 3.8) is 0 Å². The maximum atomic E-state index is 12.5. The number of aliphatic hydroxyl groups excluding tert-OH is 2. The molecule has 0 aromatic heterocycles. The second-order valence-corrected chi connectivity index (χ2v) is 7.56. The first-order chi connectivity index (χ1) is 12.2. The SMILES string of the molecule is CC(C)(C)OC(=O)N[C@H]1C[C@H](O)[C@H](O)C[C@H]1C(=O)OCc1ccccc1. The summed E-state index contributed by atoms with van der Waals surface area (Å²) in [6.45, 7) is 5.31. The number of ether oxygens (including phenoxy) is 2. The van der Waals surface area contributed by atoms with Crippen LogP contribution in [-0.4, -0.2) is 46.1 Å². The minimum absolute atomic E-state index is 0.00918. The van der Waals surface area contributed by atoms with Gasteiger partial charge in [-0.3, -0.25) is 4.79 Å². The second-order valence-electron chi connectivity index (χ2n) is 7.56. The van der Waals surface area contributed by atoms with E-state index in [1.165, 1.54) is 0 Å². The Morgan fingerprint density at radius 2 is 1.73 bits per heavy atom. The highest BCUT2D eigenvalue weighted by Crippen LogP contribution is 2.27. The lowest BCUT2D eigenvalue weighted by atomic mass is 9.81. The largest absolute Gasteiger partial charge is 0.461 e. The van der Waals surface area contributed by atoms with E-state index in [0.717, 1.165) is 5.56 Å². The molecule has 0 unspecified atom stereocenters. The van der Waals surface area contributed by atoms with Gasteiger partial charge in [0.25, 0.3) is 0 Å². The van der Waals surface area contributed by atoms with Crippen molar-refractivity contribution in [3.8, 4) is 0 Å². The van der Waals surface area contributed by atoms with Crippen LogP contribution in [-0.2, 0) is 20.9 Å². The number of aliphatic hydroxyl groups is 2. The van der Waals surface area contributed by atoms with Gasteiger partial charge in [-0.1, -0.05) is 30.3 Å². The zero-order valence-electron chi connectivity index (χ0n) is 15.3. The molecule has 4 atom stereocenters. The third-order valence-corrected chi connectivity index (χ3v) is 4.15. The van der Waals surface area contributed by atoms with Crippen molar-refractivity contribution in [3.05, 3.63) is 35.9 Å². The molecule has 0 bridgehead atoms. The van der Waals surface area contributed by atoms with Crippen molar-refractivity contribution in [2.45, 2.75) is 64.1 Å².